The molecule has 0 atom stereocenters. The van der Waals surface area contributed by atoms with Crippen molar-refractivity contribution in [2.75, 3.05) is 12.4 Å². The summed E-state index contributed by atoms with van der Waals surface area (Å²) in [6, 6.07) is 12.7. The molecule has 0 radical (unpaired) electrons. The first-order valence-corrected chi connectivity index (χ1v) is 9.42. The maximum Gasteiger partial charge on any atom is 0.339 e. The van der Waals surface area contributed by atoms with E-state index in [1.807, 2.05) is 12.1 Å². The highest BCUT2D eigenvalue weighted by Gasteiger charge is 2.20. The quantitative estimate of drug-likeness (QED) is 0.626. The van der Waals surface area contributed by atoms with Crippen molar-refractivity contribution in [2.45, 2.75) is 34.2 Å². The molecule has 3 rings (SSSR count). The number of halogens is 1. The van der Waals surface area contributed by atoms with Crippen LogP contribution in [0.4, 0.5) is 10.8 Å². The normalized spacial score (nSPS) is 10.3. The van der Waals surface area contributed by atoms with Gasteiger partial charge < -0.3 is 21.7 Å². The molecule has 3 aromatic rings. The van der Waals surface area contributed by atoms with E-state index in [-0.39, 0.29) is 17.0 Å². The summed E-state index contributed by atoms with van der Waals surface area (Å²) < 4.78 is 7.59. The van der Waals surface area contributed by atoms with Crippen LogP contribution in [0.2, 0.25) is 0 Å². The first kappa shape index (κ1) is 20.5. The van der Waals surface area contributed by atoms with Gasteiger partial charge in [0.25, 0.3) is 0 Å². The lowest BCUT2D eigenvalue weighted by molar-refractivity contribution is -0.664. The monoisotopic (exact) mass is 432 g/mol. The van der Waals surface area contributed by atoms with Crippen molar-refractivity contribution in [3.8, 4) is 17.0 Å². The summed E-state index contributed by atoms with van der Waals surface area (Å²) in [7, 11) is 1.69. The van der Waals surface area contributed by atoms with Crippen LogP contribution in [0.1, 0.15) is 23.6 Å². The van der Waals surface area contributed by atoms with Gasteiger partial charge in [-0.3, -0.25) is 0 Å². The Morgan fingerprint density at radius 2 is 1.65 bits per heavy atom. The van der Waals surface area contributed by atoms with Gasteiger partial charge in [-0.1, -0.05) is 29.0 Å². The topological polar surface area (TPSA) is 25.1 Å². The van der Waals surface area contributed by atoms with Gasteiger partial charge in [-0.15, -0.1) is 0 Å². The standard InChI is InChI=1S/C21H24N2OS.BrH/c1-6-23-19(17-7-9-18(24-5)10-8-17)13-25-21(23)22-20-15(3)11-14(2)12-16(20)4;/h7-13H,6H2,1-5H3;1H. The molecular weight excluding hydrogens is 408 g/mol. The summed E-state index contributed by atoms with van der Waals surface area (Å²) in [5, 5.41) is 7.03. The van der Waals surface area contributed by atoms with Crippen molar-refractivity contribution in [3.63, 3.8) is 0 Å². The van der Waals surface area contributed by atoms with E-state index in [2.05, 4.69) is 67.2 Å². The van der Waals surface area contributed by atoms with Crippen molar-refractivity contribution in [1.29, 1.82) is 0 Å². The fraction of sp³-hybridized carbons (Fsp3) is 0.286. The number of methoxy groups -OCH3 is 1. The lowest BCUT2D eigenvalue weighted by Crippen LogP contribution is -3.00. The third-order valence-electron chi connectivity index (χ3n) is 4.43. The number of nitrogens with one attached hydrogen (secondary N) is 1. The summed E-state index contributed by atoms with van der Waals surface area (Å²) in [5.41, 5.74) is 7.48. The van der Waals surface area contributed by atoms with Crippen molar-refractivity contribution in [3.05, 3.63) is 58.5 Å². The molecular formula is C21H25BrN2OS. The van der Waals surface area contributed by atoms with Gasteiger partial charge in [0.15, 0.2) is 0 Å². The largest absolute Gasteiger partial charge is 1.00 e. The van der Waals surface area contributed by atoms with E-state index in [4.69, 9.17) is 4.74 Å². The van der Waals surface area contributed by atoms with Gasteiger partial charge in [0.05, 0.1) is 13.7 Å². The number of rotatable bonds is 5. The van der Waals surface area contributed by atoms with E-state index in [0.717, 1.165) is 17.4 Å². The molecule has 0 aliphatic heterocycles. The van der Waals surface area contributed by atoms with Gasteiger partial charge >= 0.3 is 5.13 Å². The van der Waals surface area contributed by atoms with Crippen LogP contribution in [0.3, 0.4) is 0 Å². The van der Waals surface area contributed by atoms with E-state index < -0.39 is 0 Å². The van der Waals surface area contributed by atoms with Crippen LogP contribution in [0.25, 0.3) is 11.3 Å². The number of hydrogen-bond donors (Lipinski definition) is 1. The first-order valence-electron chi connectivity index (χ1n) is 8.54. The Labute approximate surface area is 170 Å². The summed E-state index contributed by atoms with van der Waals surface area (Å²) >= 11 is 1.74. The summed E-state index contributed by atoms with van der Waals surface area (Å²) in [5.74, 6) is 0.881. The molecule has 138 valence electrons. The predicted molar refractivity (Wildman–Crippen MR) is 106 cm³/mol. The van der Waals surface area contributed by atoms with Crippen LogP contribution < -0.4 is 31.6 Å². The lowest BCUT2D eigenvalue weighted by atomic mass is 10.1. The van der Waals surface area contributed by atoms with Crippen LogP contribution in [0, 0.1) is 20.8 Å². The average Bonchev–Trinajstić information content (AvgIpc) is 3.00. The number of nitrogens with zero attached hydrogens (tertiary/aromatic N) is 1. The molecule has 0 saturated heterocycles. The number of aromatic nitrogens is 1. The van der Waals surface area contributed by atoms with Crippen LogP contribution in [-0.4, -0.2) is 7.11 Å². The van der Waals surface area contributed by atoms with Crippen LogP contribution >= 0.6 is 11.3 Å². The molecule has 2 aromatic carbocycles. The van der Waals surface area contributed by atoms with Crippen LogP contribution in [-0.2, 0) is 6.54 Å². The second kappa shape index (κ2) is 8.69. The van der Waals surface area contributed by atoms with E-state index in [1.165, 1.54) is 33.6 Å². The molecule has 1 N–H and O–H groups in total. The van der Waals surface area contributed by atoms with Gasteiger partial charge in [0.2, 0.25) is 0 Å². The third kappa shape index (κ3) is 4.10. The molecule has 0 aliphatic carbocycles. The van der Waals surface area contributed by atoms with Gasteiger partial charge in [-0.2, -0.15) is 0 Å². The van der Waals surface area contributed by atoms with Crippen LogP contribution in [0.5, 0.6) is 5.75 Å². The molecule has 0 fully saturated rings. The molecule has 0 bridgehead atoms. The smallest absolute Gasteiger partial charge is 0.339 e. The Hall–Kier alpha value is -1.85. The highest BCUT2D eigenvalue weighted by atomic mass is 79.9. The van der Waals surface area contributed by atoms with E-state index in [0.29, 0.717) is 0 Å². The van der Waals surface area contributed by atoms with Crippen molar-refractivity contribution < 1.29 is 26.3 Å². The third-order valence-corrected chi connectivity index (χ3v) is 5.32. The summed E-state index contributed by atoms with van der Waals surface area (Å²) in [6.45, 7) is 9.56. The Balaban J connectivity index is 0.00000243. The molecule has 0 spiro atoms. The number of anilines is 2. The Bertz CT molecular complexity index is 865. The number of aryl methyl sites for hydroxylation is 3. The SMILES string of the molecule is CC[n+]1c(-c2ccc(OC)cc2)csc1Nc1c(C)cc(C)cc1C.[Br-]. The van der Waals surface area contributed by atoms with Gasteiger partial charge in [0, 0.05) is 10.9 Å². The Kier molecular flexibility index (Phi) is 6.84. The van der Waals surface area contributed by atoms with Crippen molar-refractivity contribution in [2.24, 2.45) is 0 Å². The molecule has 26 heavy (non-hydrogen) atoms. The second-order valence-electron chi connectivity index (χ2n) is 6.30. The highest BCUT2D eigenvalue weighted by Crippen LogP contribution is 2.30. The minimum absolute atomic E-state index is 0. The first-order chi connectivity index (χ1) is 12.0. The number of hydrogen-bond acceptors (Lipinski definition) is 3. The van der Waals surface area contributed by atoms with Gasteiger partial charge in [-0.25, -0.2) is 9.88 Å². The van der Waals surface area contributed by atoms with Gasteiger partial charge in [-0.05, 0) is 63.1 Å². The van der Waals surface area contributed by atoms with E-state index in [1.54, 1.807) is 18.4 Å². The molecule has 1 aromatic heterocycles. The average molecular weight is 433 g/mol. The number of thiazole rings is 1. The fourth-order valence-corrected chi connectivity index (χ4v) is 4.23. The second-order valence-corrected chi connectivity index (χ2v) is 7.16. The Morgan fingerprint density at radius 3 is 2.19 bits per heavy atom. The van der Waals surface area contributed by atoms with E-state index in [9.17, 15) is 0 Å². The van der Waals surface area contributed by atoms with Gasteiger partial charge in [0.1, 0.15) is 17.1 Å². The zero-order valence-corrected chi connectivity index (χ0v) is 18.3. The number of ether oxygens (including phenoxy) is 1. The molecule has 0 amide bonds. The maximum absolute atomic E-state index is 5.27. The van der Waals surface area contributed by atoms with Crippen LogP contribution in [0.15, 0.2) is 41.8 Å². The van der Waals surface area contributed by atoms with Crippen molar-refractivity contribution >= 4 is 22.2 Å². The molecule has 0 aliphatic rings. The zero-order valence-electron chi connectivity index (χ0n) is 15.9. The van der Waals surface area contributed by atoms with Crippen molar-refractivity contribution in [1.82, 2.24) is 0 Å². The molecule has 5 heteroatoms. The molecule has 0 saturated carbocycles. The predicted octanol–water partition coefficient (Wildman–Crippen LogP) is 2.40. The molecule has 1 heterocycles. The fourth-order valence-electron chi connectivity index (χ4n) is 3.23. The minimum Gasteiger partial charge on any atom is -1.00 e. The highest BCUT2D eigenvalue weighted by molar-refractivity contribution is 7.13. The summed E-state index contributed by atoms with van der Waals surface area (Å²) in [4.78, 5) is 0. The minimum atomic E-state index is 0. The maximum atomic E-state index is 5.27. The Morgan fingerprint density at radius 1 is 1.04 bits per heavy atom. The lowest BCUT2D eigenvalue weighted by Gasteiger charge is -2.09. The zero-order chi connectivity index (χ0) is 18.0. The summed E-state index contributed by atoms with van der Waals surface area (Å²) in [6.07, 6.45) is 0. The molecule has 0 unspecified atom stereocenters. The van der Waals surface area contributed by atoms with E-state index >= 15 is 0 Å². The number of benzene rings is 2. The molecule has 3 nitrogen and oxygen atoms in total.